The maximum Gasteiger partial charge on any atom is 0.0870 e. The third-order valence-corrected chi connectivity index (χ3v) is 12.1. The van der Waals surface area contributed by atoms with Crippen LogP contribution in [0.5, 0.6) is 0 Å². The van der Waals surface area contributed by atoms with E-state index in [9.17, 15) is 0 Å². The van der Waals surface area contributed by atoms with Crippen LogP contribution in [0, 0.1) is 13.8 Å². The van der Waals surface area contributed by atoms with E-state index in [-0.39, 0.29) is 0 Å². The van der Waals surface area contributed by atoms with Gasteiger partial charge in [-0.05, 0) is 13.8 Å². The third kappa shape index (κ3) is 8.98. The Labute approximate surface area is 172 Å². The summed E-state index contributed by atoms with van der Waals surface area (Å²) in [6.45, 7) is 11.7. The normalized spacial score (nSPS) is 11.9. The Morgan fingerprint density at radius 2 is 1.04 bits per heavy atom. The molecule has 0 amide bonds. The molecule has 0 aliphatic rings. The summed E-state index contributed by atoms with van der Waals surface area (Å²) in [5.41, 5.74) is 3.07. The molecular formula is C26H48Si. The van der Waals surface area contributed by atoms with Crippen molar-refractivity contribution in [3.63, 3.8) is 0 Å². The van der Waals surface area contributed by atoms with Crippen molar-refractivity contribution < 1.29 is 0 Å². The van der Waals surface area contributed by atoms with E-state index in [0.29, 0.717) is 0 Å². The molecular weight excluding hydrogens is 340 g/mol. The molecule has 0 saturated carbocycles. The molecule has 1 rings (SSSR count). The van der Waals surface area contributed by atoms with Gasteiger partial charge in [-0.1, -0.05) is 150 Å². The molecule has 1 aromatic rings. The zero-order valence-corrected chi connectivity index (χ0v) is 20.3. The van der Waals surface area contributed by atoms with Crippen molar-refractivity contribution in [2.45, 2.75) is 130 Å². The maximum absolute atomic E-state index is 2.60. The van der Waals surface area contributed by atoms with Crippen molar-refractivity contribution in [2.75, 3.05) is 0 Å². The fourth-order valence-electron chi connectivity index (χ4n) is 4.76. The van der Waals surface area contributed by atoms with Gasteiger partial charge in [0, 0.05) is 0 Å². The summed E-state index contributed by atoms with van der Waals surface area (Å²) < 4.78 is 0. The number of aryl methyl sites for hydroxylation is 2. The molecule has 0 nitrogen and oxygen atoms in total. The molecule has 0 aromatic heterocycles. The van der Waals surface area contributed by atoms with Gasteiger partial charge in [0.05, 0.1) is 8.07 Å². The van der Waals surface area contributed by atoms with Crippen LogP contribution in [0.1, 0.15) is 109 Å². The molecule has 0 fully saturated rings. The lowest BCUT2D eigenvalue weighted by Gasteiger charge is -2.35. The summed E-state index contributed by atoms with van der Waals surface area (Å²) >= 11 is 0. The van der Waals surface area contributed by atoms with Gasteiger partial charge < -0.3 is 0 Å². The van der Waals surface area contributed by atoms with Crippen molar-refractivity contribution in [3.8, 4) is 0 Å². The van der Waals surface area contributed by atoms with Crippen molar-refractivity contribution in [2.24, 2.45) is 0 Å². The Morgan fingerprint density at radius 1 is 0.593 bits per heavy atom. The van der Waals surface area contributed by atoms with Crippen molar-refractivity contribution in [1.82, 2.24) is 0 Å². The lowest BCUT2D eigenvalue weighted by atomic mass is 10.2. The summed E-state index contributed by atoms with van der Waals surface area (Å²) in [6, 6.07) is 11.9. The van der Waals surface area contributed by atoms with Gasteiger partial charge >= 0.3 is 0 Å². The minimum Gasteiger partial charge on any atom is -0.0654 e. The lowest BCUT2D eigenvalue weighted by molar-refractivity contribution is 0.668. The number of benzene rings is 1. The van der Waals surface area contributed by atoms with E-state index in [4.69, 9.17) is 0 Å². The molecule has 0 N–H and O–H groups in total. The monoisotopic (exact) mass is 388 g/mol. The van der Waals surface area contributed by atoms with Gasteiger partial charge in [-0.2, -0.15) is 0 Å². The first-order valence-corrected chi connectivity index (χ1v) is 14.8. The van der Waals surface area contributed by atoms with Crippen molar-refractivity contribution in [3.05, 3.63) is 29.3 Å². The van der Waals surface area contributed by atoms with E-state index in [1.807, 2.05) is 5.19 Å². The first-order valence-electron chi connectivity index (χ1n) is 12.2. The summed E-state index contributed by atoms with van der Waals surface area (Å²) in [5, 5.41) is 1.83. The highest BCUT2D eigenvalue weighted by Gasteiger charge is 2.34. The predicted octanol–water partition coefficient (Wildman–Crippen LogP) is 8.70. The topological polar surface area (TPSA) is 0 Å². The molecule has 0 unspecified atom stereocenters. The molecule has 0 spiro atoms. The maximum atomic E-state index is 2.60. The fourth-order valence-corrected chi connectivity index (χ4v) is 10.5. The van der Waals surface area contributed by atoms with Gasteiger partial charge in [0.15, 0.2) is 0 Å². The highest BCUT2D eigenvalue weighted by atomic mass is 28.3. The second-order valence-electron chi connectivity index (χ2n) is 9.03. The van der Waals surface area contributed by atoms with Crippen LogP contribution < -0.4 is 5.19 Å². The quantitative estimate of drug-likeness (QED) is 0.196. The van der Waals surface area contributed by atoms with Crippen LogP contribution in [0.25, 0.3) is 0 Å². The Hall–Kier alpha value is -0.563. The van der Waals surface area contributed by atoms with Gasteiger partial charge in [0.25, 0.3) is 0 Å². The van der Waals surface area contributed by atoms with Gasteiger partial charge in [-0.25, -0.2) is 0 Å². The Morgan fingerprint density at radius 3 is 1.44 bits per heavy atom. The zero-order valence-electron chi connectivity index (χ0n) is 19.3. The van der Waals surface area contributed by atoms with Crippen molar-refractivity contribution >= 4 is 13.3 Å². The Kier molecular flexibility index (Phi) is 13.1. The van der Waals surface area contributed by atoms with Gasteiger partial charge in [0.2, 0.25) is 0 Å². The standard InChI is InChI=1S/C26H48Si/c1-6-9-12-15-20-27(21-16-13-10-7-2,22-17-14-11-8-3)26-23-24(4)18-19-25(26)5/h18-19,23H,6-17,20-22H2,1-5H3. The molecule has 0 aliphatic carbocycles. The minimum atomic E-state index is -1.40. The molecule has 1 heteroatoms. The fraction of sp³-hybridized carbons (Fsp3) is 0.769. The van der Waals surface area contributed by atoms with E-state index in [2.05, 4.69) is 52.8 Å². The molecule has 0 heterocycles. The smallest absolute Gasteiger partial charge is 0.0654 e. The SMILES string of the molecule is CCCCCC[Si](CCCCCC)(CCCCCC)c1cc(C)ccc1C. The zero-order chi connectivity index (χ0) is 20.0. The molecule has 0 bridgehead atoms. The summed E-state index contributed by atoms with van der Waals surface area (Å²) in [5.74, 6) is 0. The second kappa shape index (κ2) is 14.4. The largest absolute Gasteiger partial charge is 0.0870 e. The average molecular weight is 389 g/mol. The third-order valence-electron chi connectivity index (χ3n) is 6.49. The highest BCUT2D eigenvalue weighted by Crippen LogP contribution is 2.31. The summed E-state index contributed by atoms with van der Waals surface area (Å²) in [7, 11) is -1.40. The molecule has 0 radical (unpaired) electrons. The first-order chi connectivity index (χ1) is 13.1. The highest BCUT2D eigenvalue weighted by molar-refractivity contribution is 6.92. The Balaban J connectivity index is 3.04. The van der Waals surface area contributed by atoms with Crippen LogP contribution in [0.2, 0.25) is 18.1 Å². The van der Waals surface area contributed by atoms with Crippen LogP contribution >= 0.6 is 0 Å². The average Bonchev–Trinajstić information content (AvgIpc) is 2.67. The van der Waals surface area contributed by atoms with Crippen LogP contribution in [0.15, 0.2) is 18.2 Å². The molecule has 1 aromatic carbocycles. The summed E-state index contributed by atoms with van der Waals surface area (Å²) in [6.07, 6.45) is 17.1. The van der Waals surface area contributed by atoms with Crippen LogP contribution in [0.3, 0.4) is 0 Å². The summed E-state index contributed by atoms with van der Waals surface area (Å²) in [4.78, 5) is 0. The van der Waals surface area contributed by atoms with Gasteiger partial charge in [-0.3, -0.25) is 0 Å². The van der Waals surface area contributed by atoms with E-state index >= 15 is 0 Å². The van der Waals surface area contributed by atoms with E-state index < -0.39 is 8.07 Å². The molecule has 27 heavy (non-hydrogen) atoms. The van der Waals surface area contributed by atoms with E-state index in [1.54, 1.807) is 5.56 Å². The van der Waals surface area contributed by atoms with Gasteiger partial charge in [0.1, 0.15) is 0 Å². The number of hydrogen-bond acceptors (Lipinski definition) is 0. The molecule has 156 valence electrons. The second-order valence-corrected chi connectivity index (χ2v) is 13.6. The number of unbranched alkanes of at least 4 members (excludes halogenated alkanes) is 9. The number of hydrogen-bond donors (Lipinski definition) is 0. The first kappa shape index (κ1) is 24.5. The van der Waals surface area contributed by atoms with E-state index in [0.717, 1.165) is 0 Å². The van der Waals surface area contributed by atoms with Crippen molar-refractivity contribution in [1.29, 1.82) is 0 Å². The van der Waals surface area contributed by atoms with Crippen LogP contribution in [-0.4, -0.2) is 8.07 Å². The predicted molar refractivity (Wildman–Crippen MR) is 128 cm³/mol. The van der Waals surface area contributed by atoms with Gasteiger partial charge in [-0.15, -0.1) is 0 Å². The van der Waals surface area contributed by atoms with E-state index in [1.165, 1.54) is 101 Å². The minimum absolute atomic E-state index is 1.35. The van der Waals surface area contributed by atoms with Crippen LogP contribution in [-0.2, 0) is 0 Å². The Bertz CT molecular complexity index is 460. The lowest BCUT2D eigenvalue weighted by Crippen LogP contribution is -2.49. The molecule has 0 saturated heterocycles. The van der Waals surface area contributed by atoms with Crippen LogP contribution in [0.4, 0.5) is 0 Å². The molecule has 0 atom stereocenters. The number of rotatable bonds is 16. The molecule has 0 aliphatic heterocycles.